The van der Waals surface area contributed by atoms with Crippen molar-refractivity contribution in [3.05, 3.63) is 22.7 Å². The molecule has 0 unspecified atom stereocenters. The second-order valence-corrected chi connectivity index (χ2v) is 2.51. The van der Waals surface area contributed by atoms with Crippen LogP contribution >= 0.6 is 11.5 Å². The maximum absolute atomic E-state index is 4.16. The molecule has 0 aliphatic carbocycles. The first kappa shape index (κ1) is 6.49. The fourth-order valence-corrected chi connectivity index (χ4v) is 1.26. The molecule has 1 aromatic rings. The number of aryl methyl sites for hydroxylation is 1. The number of allylic oxidation sites excluding steroid dienone is 1. The van der Waals surface area contributed by atoms with Crippen molar-refractivity contribution in [2.75, 3.05) is 0 Å². The third kappa shape index (κ3) is 1.39. The predicted molar refractivity (Wildman–Crippen MR) is 41.6 cm³/mol. The Morgan fingerprint density at radius 3 is 2.89 bits per heavy atom. The molecule has 48 valence electrons. The Balaban J connectivity index is 2.94. The Labute approximate surface area is 59.2 Å². The van der Waals surface area contributed by atoms with Gasteiger partial charge in [0, 0.05) is 5.38 Å². The van der Waals surface area contributed by atoms with Crippen LogP contribution in [0.1, 0.15) is 18.2 Å². The van der Waals surface area contributed by atoms with Gasteiger partial charge in [0.1, 0.15) is 0 Å². The lowest BCUT2D eigenvalue weighted by molar-refractivity contribution is 1.40. The van der Waals surface area contributed by atoms with Crippen molar-refractivity contribution < 1.29 is 0 Å². The minimum absolute atomic E-state index is 1.10. The third-order valence-electron chi connectivity index (χ3n) is 1.11. The van der Waals surface area contributed by atoms with Crippen molar-refractivity contribution in [2.45, 2.75) is 13.8 Å². The van der Waals surface area contributed by atoms with Crippen LogP contribution in [-0.2, 0) is 0 Å². The van der Waals surface area contributed by atoms with E-state index in [1.54, 1.807) is 0 Å². The highest BCUT2D eigenvalue weighted by molar-refractivity contribution is 7.03. The molecular weight excluding hydrogens is 130 g/mol. The predicted octanol–water partition coefficient (Wildman–Crippen LogP) is 2.48. The highest BCUT2D eigenvalue weighted by atomic mass is 32.1. The molecule has 0 amide bonds. The van der Waals surface area contributed by atoms with Gasteiger partial charge in [-0.05, 0) is 37.0 Å². The van der Waals surface area contributed by atoms with E-state index in [-0.39, 0.29) is 0 Å². The topological polar surface area (TPSA) is 12.9 Å². The quantitative estimate of drug-likeness (QED) is 0.582. The average molecular weight is 139 g/mol. The number of aromatic nitrogens is 1. The minimum atomic E-state index is 1.10. The zero-order valence-corrected chi connectivity index (χ0v) is 6.40. The van der Waals surface area contributed by atoms with Crippen molar-refractivity contribution in [3.8, 4) is 0 Å². The van der Waals surface area contributed by atoms with Crippen molar-refractivity contribution >= 4 is 17.6 Å². The summed E-state index contributed by atoms with van der Waals surface area (Å²) in [5.41, 5.74) is 2.36. The Morgan fingerprint density at radius 2 is 2.44 bits per heavy atom. The van der Waals surface area contributed by atoms with Crippen LogP contribution < -0.4 is 0 Å². The van der Waals surface area contributed by atoms with Crippen LogP contribution in [0.2, 0.25) is 0 Å². The smallest absolute Gasteiger partial charge is 0.0794 e. The largest absolute Gasteiger partial charge is 0.193 e. The Hall–Kier alpha value is -0.630. The molecule has 0 fully saturated rings. The van der Waals surface area contributed by atoms with Crippen LogP contribution in [0.25, 0.3) is 6.08 Å². The second kappa shape index (κ2) is 2.78. The van der Waals surface area contributed by atoms with Gasteiger partial charge in [0.25, 0.3) is 0 Å². The van der Waals surface area contributed by atoms with Gasteiger partial charge >= 0.3 is 0 Å². The average Bonchev–Trinajstić information content (AvgIpc) is 2.18. The summed E-state index contributed by atoms with van der Waals surface area (Å²) in [6, 6.07) is 0. The molecule has 0 bridgehead atoms. The summed E-state index contributed by atoms with van der Waals surface area (Å²) in [4.78, 5) is 0. The van der Waals surface area contributed by atoms with E-state index in [1.165, 1.54) is 17.1 Å². The highest BCUT2D eigenvalue weighted by Crippen LogP contribution is 2.09. The summed E-state index contributed by atoms with van der Waals surface area (Å²) in [5.74, 6) is 0. The summed E-state index contributed by atoms with van der Waals surface area (Å²) in [6.45, 7) is 4.07. The van der Waals surface area contributed by atoms with E-state index in [0.717, 1.165) is 5.69 Å². The van der Waals surface area contributed by atoms with Crippen LogP contribution in [0.15, 0.2) is 11.5 Å². The lowest BCUT2D eigenvalue weighted by Crippen LogP contribution is -1.71. The van der Waals surface area contributed by atoms with Crippen LogP contribution in [-0.4, -0.2) is 4.37 Å². The number of rotatable bonds is 1. The molecule has 0 atom stereocenters. The minimum Gasteiger partial charge on any atom is -0.193 e. The van der Waals surface area contributed by atoms with E-state index in [9.17, 15) is 0 Å². The first-order valence-corrected chi connectivity index (χ1v) is 3.72. The van der Waals surface area contributed by atoms with Gasteiger partial charge in [0.15, 0.2) is 0 Å². The summed E-state index contributed by atoms with van der Waals surface area (Å²) < 4.78 is 4.16. The lowest BCUT2D eigenvalue weighted by Gasteiger charge is -1.82. The van der Waals surface area contributed by atoms with E-state index in [2.05, 4.69) is 16.7 Å². The molecular formula is C7H9NS. The molecule has 1 aromatic heterocycles. The van der Waals surface area contributed by atoms with Gasteiger partial charge in [0.2, 0.25) is 0 Å². The van der Waals surface area contributed by atoms with Crippen molar-refractivity contribution in [3.63, 3.8) is 0 Å². The van der Waals surface area contributed by atoms with Gasteiger partial charge in [-0.2, -0.15) is 4.37 Å². The Kier molecular flexibility index (Phi) is 2.01. The molecule has 0 aliphatic rings. The molecule has 0 radical (unpaired) electrons. The Morgan fingerprint density at radius 1 is 1.67 bits per heavy atom. The van der Waals surface area contributed by atoms with Crippen LogP contribution in [0, 0.1) is 6.92 Å². The van der Waals surface area contributed by atoms with E-state index in [1.807, 2.05) is 19.1 Å². The van der Waals surface area contributed by atoms with Gasteiger partial charge in [-0.25, -0.2) is 0 Å². The van der Waals surface area contributed by atoms with Crippen LogP contribution in [0.4, 0.5) is 0 Å². The molecule has 0 aliphatic heterocycles. The standard InChI is InChI=1S/C7H9NS/c1-3-4-7-6(2)5-9-8-7/h3-5H,1-2H3/b4-3-. The van der Waals surface area contributed by atoms with Gasteiger partial charge in [-0.3, -0.25) is 0 Å². The molecule has 0 N–H and O–H groups in total. The van der Waals surface area contributed by atoms with E-state index < -0.39 is 0 Å². The molecule has 1 nitrogen and oxygen atoms in total. The van der Waals surface area contributed by atoms with Crippen LogP contribution in [0.3, 0.4) is 0 Å². The number of hydrogen-bond donors (Lipinski definition) is 0. The van der Waals surface area contributed by atoms with Gasteiger partial charge in [-0.15, -0.1) is 0 Å². The van der Waals surface area contributed by atoms with Crippen LogP contribution in [0.5, 0.6) is 0 Å². The van der Waals surface area contributed by atoms with Crippen molar-refractivity contribution in [1.82, 2.24) is 4.37 Å². The molecule has 0 spiro atoms. The molecule has 9 heavy (non-hydrogen) atoms. The van der Waals surface area contributed by atoms with E-state index in [0.29, 0.717) is 0 Å². The monoisotopic (exact) mass is 139 g/mol. The van der Waals surface area contributed by atoms with E-state index in [4.69, 9.17) is 0 Å². The lowest BCUT2D eigenvalue weighted by atomic mass is 10.3. The maximum Gasteiger partial charge on any atom is 0.0794 e. The molecule has 0 saturated heterocycles. The number of nitrogens with zero attached hydrogens (tertiary/aromatic N) is 1. The number of hydrogen-bond acceptors (Lipinski definition) is 2. The zero-order chi connectivity index (χ0) is 6.69. The zero-order valence-electron chi connectivity index (χ0n) is 5.59. The Bertz CT molecular complexity index is 212. The summed E-state index contributed by atoms with van der Waals surface area (Å²) in [7, 11) is 0. The first-order chi connectivity index (χ1) is 4.34. The van der Waals surface area contributed by atoms with Gasteiger partial charge in [-0.1, -0.05) is 6.08 Å². The van der Waals surface area contributed by atoms with Gasteiger partial charge < -0.3 is 0 Å². The third-order valence-corrected chi connectivity index (χ3v) is 1.87. The summed E-state index contributed by atoms with van der Waals surface area (Å²) in [6.07, 6.45) is 4.02. The molecule has 0 saturated carbocycles. The highest BCUT2D eigenvalue weighted by Gasteiger charge is 1.92. The van der Waals surface area contributed by atoms with Crippen molar-refractivity contribution in [2.24, 2.45) is 0 Å². The summed E-state index contributed by atoms with van der Waals surface area (Å²) in [5, 5.41) is 2.05. The molecule has 1 heterocycles. The molecule has 1 rings (SSSR count). The first-order valence-electron chi connectivity index (χ1n) is 2.88. The van der Waals surface area contributed by atoms with Gasteiger partial charge in [0.05, 0.1) is 5.69 Å². The molecule has 0 aromatic carbocycles. The molecule has 2 heteroatoms. The second-order valence-electron chi connectivity index (χ2n) is 1.88. The van der Waals surface area contributed by atoms with Crippen molar-refractivity contribution in [1.29, 1.82) is 0 Å². The SMILES string of the molecule is C/C=C\c1nscc1C. The normalized spacial score (nSPS) is 10.9. The summed E-state index contributed by atoms with van der Waals surface area (Å²) >= 11 is 1.50. The maximum atomic E-state index is 4.16. The fraction of sp³-hybridized carbons (Fsp3) is 0.286. The fourth-order valence-electron chi connectivity index (χ4n) is 0.614. The van der Waals surface area contributed by atoms with E-state index >= 15 is 0 Å².